The van der Waals surface area contributed by atoms with Gasteiger partial charge in [-0.1, -0.05) is 39.8 Å². The number of ether oxygens (including phenoxy) is 1. The minimum absolute atomic E-state index is 0.147. The van der Waals surface area contributed by atoms with Crippen molar-refractivity contribution in [1.29, 1.82) is 5.26 Å². The lowest BCUT2D eigenvalue weighted by Gasteiger charge is -2.15. The van der Waals surface area contributed by atoms with Crippen molar-refractivity contribution in [2.45, 2.75) is 34.1 Å². The molecule has 0 fully saturated rings. The quantitative estimate of drug-likeness (QED) is 0.601. The maximum atomic E-state index is 12.1. The van der Waals surface area contributed by atoms with Crippen LogP contribution in [-0.2, 0) is 4.79 Å². The van der Waals surface area contributed by atoms with Gasteiger partial charge in [-0.3, -0.25) is 4.79 Å². The van der Waals surface area contributed by atoms with Crippen LogP contribution in [0.25, 0.3) is 6.08 Å². The number of carbonyl (C=O) groups excluding carboxylic acids is 1. The van der Waals surface area contributed by atoms with Gasteiger partial charge < -0.3 is 4.74 Å². The molecule has 0 spiro atoms. The Balaban J connectivity index is 2.92. The van der Waals surface area contributed by atoms with E-state index >= 15 is 0 Å². The van der Waals surface area contributed by atoms with Gasteiger partial charge in [0.25, 0.3) is 0 Å². The second-order valence-electron chi connectivity index (χ2n) is 5.67. The molecule has 106 valence electrons. The van der Waals surface area contributed by atoms with E-state index in [4.69, 9.17) is 10.00 Å². The summed E-state index contributed by atoms with van der Waals surface area (Å²) in [6.45, 7) is 8.15. The predicted octanol–water partition coefficient (Wildman–Crippen LogP) is 4.00. The van der Waals surface area contributed by atoms with Crippen molar-refractivity contribution in [3.8, 4) is 11.8 Å². The summed E-state index contributed by atoms with van der Waals surface area (Å²) in [5, 5.41) is 9.13. The molecular weight excluding hydrogens is 250 g/mol. The number of hydrogen-bond acceptors (Lipinski definition) is 3. The van der Waals surface area contributed by atoms with Crippen LogP contribution in [0.5, 0.6) is 5.75 Å². The lowest BCUT2D eigenvalue weighted by molar-refractivity contribution is -0.121. The van der Waals surface area contributed by atoms with Crippen molar-refractivity contribution < 1.29 is 9.53 Å². The minimum atomic E-state index is -0.550. The van der Waals surface area contributed by atoms with Gasteiger partial charge >= 0.3 is 0 Å². The maximum Gasteiger partial charge on any atom is 0.178 e. The average Bonchev–Trinajstić information content (AvgIpc) is 2.42. The van der Waals surface area contributed by atoms with E-state index in [1.165, 1.54) is 0 Å². The Morgan fingerprint density at radius 2 is 1.90 bits per heavy atom. The van der Waals surface area contributed by atoms with Crippen LogP contribution in [0.4, 0.5) is 0 Å². The van der Waals surface area contributed by atoms with Gasteiger partial charge in [0, 0.05) is 5.41 Å². The van der Waals surface area contributed by atoms with Crippen LogP contribution >= 0.6 is 0 Å². The van der Waals surface area contributed by atoms with E-state index in [-0.39, 0.29) is 11.4 Å². The smallest absolute Gasteiger partial charge is 0.178 e. The van der Waals surface area contributed by atoms with Crippen LogP contribution in [0, 0.1) is 16.7 Å². The molecule has 3 nitrogen and oxygen atoms in total. The highest BCUT2D eigenvalue weighted by atomic mass is 16.5. The van der Waals surface area contributed by atoms with Crippen LogP contribution in [-0.4, -0.2) is 12.4 Å². The lowest BCUT2D eigenvalue weighted by atomic mass is 9.86. The third-order valence-electron chi connectivity index (χ3n) is 2.71. The van der Waals surface area contributed by atoms with E-state index in [9.17, 15) is 4.79 Å². The Bertz CT molecular complexity index is 528. The molecule has 0 aliphatic carbocycles. The molecule has 0 aliphatic rings. The molecular formula is C17H21NO2. The van der Waals surface area contributed by atoms with Crippen LogP contribution in [0.3, 0.4) is 0 Å². The largest absolute Gasteiger partial charge is 0.494 e. The number of Topliss-reactive ketones (excluding diaryl/α,β-unsaturated/α-hetero) is 1. The van der Waals surface area contributed by atoms with Gasteiger partial charge in [-0.25, -0.2) is 0 Å². The summed E-state index contributed by atoms with van der Waals surface area (Å²) in [5.41, 5.74) is 0.453. The average molecular weight is 271 g/mol. The number of allylic oxidation sites excluding steroid dienone is 1. The molecule has 0 N–H and O–H groups in total. The summed E-state index contributed by atoms with van der Waals surface area (Å²) < 4.78 is 5.49. The summed E-state index contributed by atoms with van der Waals surface area (Å²) in [6.07, 6.45) is 2.58. The van der Waals surface area contributed by atoms with Gasteiger partial charge in [0.2, 0.25) is 0 Å². The standard InChI is InChI=1S/C17H21NO2/c1-5-10-20-15-8-6-13(7-9-15)11-14(12-18)16(19)17(2,3)4/h6-9,11H,5,10H2,1-4H3. The third kappa shape index (κ3) is 4.55. The summed E-state index contributed by atoms with van der Waals surface area (Å²) in [4.78, 5) is 12.1. The minimum Gasteiger partial charge on any atom is -0.494 e. The first-order valence-electron chi connectivity index (χ1n) is 6.78. The Hall–Kier alpha value is -2.08. The Labute approximate surface area is 120 Å². The molecule has 0 radical (unpaired) electrons. The van der Waals surface area contributed by atoms with E-state index in [1.807, 2.05) is 51.1 Å². The zero-order valence-corrected chi connectivity index (χ0v) is 12.6. The summed E-state index contributed by atoms with van der Waals surface area (Å²) >= 11 is 0. The normalized spacial score (nSPS) is 11.8. The zero-order chi connectivity index (χ0) is 15.2. The van der Waals surface area contributed by atoms with Crippen LogP contribution in [0.1, 0.15) is 39.7 Å². The number of rotatable bonds is 5. The van der Waals surface area contributed by atoms with Crippen molar-refractivity contribution in [2.75, 3.05) is 6.61 Å². The first kappa shape index (κ1) is 16.0. The van der Waals surface area contributed by atoms with Gasteiger partial charge in [0.1, 0.15) is 11.8 Å². The number of nitrogens with zero attached hydrogens (tertiary/aromatic N) is 1. The molecule has 1 aromatic rings. The molecule has 0 saturated carbocycles. The number of benzene rings is 1. The van der Waals surface area contributed by atoms with Crippen LogP contribution in [0.2, 0.25) is 0 Å². The van der Waals surface area contributed by atoms with E-state index in [1.54, 1.807) is 6.08 Å². The molecule has 0 amide bonds. The summed E-state index contributed by atoms with van der Waals surface area (Å²) in [6, 6.07) is 9.37. The second kappa shape index (κ2) is 6.91. The highest BCUT2D eigenvalue weighted by Crippen LogP contribution is 2.22. The topological polar surface area (TPSA) is 50.1 Å². The zero-order valence-electron chi connectivity index (χ0n) is 12.6. The molecule has 1 rings (SSSR count). The molecule has 0 heterocycles. The maximum absolute atomic E-state index is 12.1. The van der Waals surface area contributed by atoms with Crippen LogP contribution < -0.4 is 4.74 Å². The molecule has 20 heavy (non-hydrogen) atoms. The van der Waals surface area contributed by atoms with Gasteiger partial charge in [-0.2, -0.15) is 5.26 Å². The molecule has 0 saturated heterocycles. The van der Waals surface area contributed by atoms with E-state index in [2.05, 4.69) is 6.92 Å². The molecule has 0 aromatic heterocycles. The van der Waals surface area contributed by atoms with Crippen molar-refractivity contribution in [3.63, 3.8) is 0 Å². The molecule has 1 aromatic carbocycles. The van der Waals surface area contributed by atoms with Gasteiger partial charge in [-0.15, -0.1) is 0 Å². The summed E-state index contributed by atoms with van der Waals surface area (Å²) in [7, 11) is 0. The number of hydrogen-bond donors (Lipinski definition) is 0. The number of nitriles is 1. The highest BCUT2D eigenvalue weighted by molar-refractivity contribution is 6.06. The molecule has 0 bridgehead atoms. The van der Waals surface area contributed by atoms with Crippen molar-refractivity contribution >= 4 is 11.9 Å². The second-order valence-corrected chi connectivity index (χ2v) is 5.67. The van der Waals surface area contributed by atoms with E-state index < -0.39 is 5.41 Å². The first-order chi connectivity index (χ1) is 9.38. The molecule has 0 atom stereocenters. The fourth-order valence-electron chi connectivity index (χ4n) is 1.60. The molecule has 0 aliphatic heterocycles. The Morgan fingerprint density at radius 3 is 2.35 bits per heavy atom. The Morgan fingerprint density at radius 1 is 1.30 bits per heavy atom. The first-order valence-corrected chi connectivity index (χ1v) is 6.78. The highest BCUT2D eigenvalue weighted by Gasteiger charge is 2.24. The lowest BCUT2D eigenvalue weighted by Crippen LogP contribution is -2.21. The molecule has 0 unspecified atom stereocenters. The number of ketones is 1. The van der Waals surface area contributed by atoms with Gasteiger partial charge in [0.05, 0.1) is 12.2 Å². The fourth-order valence-corrected chi connectivity index (χ4v) is 1.60. The van der Waals surface area contributed by atoms with Crippen LogP contribution in [0.15, 0.2) is 29.8 Å². The Kier molecular flexibility index (Phi) is 5.52. The number of carbonyl (C=O) groups is 1. The fraction of sp³-hybridized carbons (Fsp3) is 0.412. The van der Waals surface area contributed by atoms with Crippen molar-refractivity contribution in [3.05, 3.63) is 35.4 Å². The van der Waals surface area contributed by atoms with Crippen molar-refractivity contribution in [1.82, 2.24) is 0 Å². The van der Waals surface area contributed by atoms with Gasteiger partial charge in [0.15, 0.2) is 5.78 Å². The van der Waals surface area contributed by atoms with E-state index in [0.29, 0.717) is 6.61 Å². The van der Waals surface area contributed by atoms with Gasteiger partial charge in [-0.05, 0) is 30.2 Å². The van der Waals surface area contributed by atoms with E-state index in [0.717, 1.165) is 17.7 Å². The third-order valence-corrected chi connectivity index (χ3v) is 2.71. The van der Waals surface area contributed by atoms with Crippen molar-refractivity contribution in [2.24, 2.45) is 5.41 Å². The predicted molar refractivity (Wildman–Crippen MR) is 80.3 cm³/mol. The summed E-state index contributed by atoms with van der Waals surface area (Å²) in [5.74, 6) is 0.649. The monoisotopic (exact) mass is 271 g/mol. The molecule has 3 heteroatoms. The SMILES string of the molecule is CCCOc1ccc(C=C(C#N)C(=O)C(C)(C)C)cc1.